The lowest BCUT2D eigenvalue weighted by Gasteiger charge is -2.10. The molecular weight excluding hydrogens is 299 g/mol. The molecule has 0 aliphatic heterocycles. The normalized spacial score (nSPS) is 11.4. The molecule has 0 spiro atoms. The fourth-order valence-electron chi connectivity index (χ4n) is 1.34. The first-order valence-electron chi connectivity index (χ1n) is 4.90. The quantitative estimate of drug-likeness (QED) is 0.913. The van der Waals surface area contributed by atoms with Crippen LogP contribution in [-0.4, -0.2) is 12.5 Å². The third-order valence-electron chi connectivity index (χ3n) is 2.07. The lowest BCUT2D eigenvalue weighted by Crippen LogP contribution is -2.22. The fraction of sp³-hybridized carbons (Fsp3) is 0.364. The zero-order valence-electron chi connectivity index (χ0n) is 9.07. The third-order valence-corrected chi connectivity index (χ3v) is 2.53. The first kappa shape index (κ1) is 14.0. The summed E-state index contributed by atoms with van der Waals surface area (Å²) in [5.41, 5.74) is -0.162. The number of amides is 1. The topological polar surface area (TPSA) is 29.1 Å². The lowest BCUT2D eigenvalue weighted by molar-refractivity contribution is -0.137. The summed E-state index contributed by atoms with van der Waals surface area (Å²) < 4.78 is 37.9. The number of hydrogen-bond donors (Lipinski definition) is 1. The van der Waals surface area contributed by atoms with Crippen LogP contribution in [0, 0.1) is 0 Å². The smallest absolute Gasteiger partial charge is 0.356 e. The highest BCUT2D eigenvalue weighted by Crippen LogP contribution is 2.32. The van der Waals surface area contributed by atoms with Crippen molar-refractivity contribution in [1.82, 2.24) is 5.32 Å². The number of halogens is 4. The molecule has 1 N–H and O–H groups in total. The van der Waals surface area contributed by atoms with Crippen LogP contribution in [0.1, 0.15) is 18.1 Å². The first-order valence-corrected chi connectivity index (χ1v) is 5.69. The molecule has 0 bridgehead atoms. The van der Waals surface area contributed by atoms with Crippen molar-refractivity contribution in [3.63, 3.8) is 0 Å². The summed E-state index contributed by atoms with van der Waals surface area (Å²) in [4.78, 5) is 10.6. The van der Waals surface area contributed by atoms with Crippen molar-refractivity contribution in [2.45, 2.75) is 19.5 Å². The van der Waals surface area contributed by atoms with Crippen LogP contribution in [0.5, 0.6) is 0 Å². The Labute approximate surface area is 105 Å². The Morgan fingerprint density at radius 2 is 2.00 bits per heavy atom. The van der Waals surface area contributed by atoms with E-state index < -0.39 is 11.7 Å². The van der Waals surface area contributed by atoms with Crippen LogP contribution >= 0.6 is 15.9 Å². The summed E-state index contributed by atoms with van der Waals surface area (Å²) in [5.74, 6) is -0.198. The largest absolute Gasteiger partial charge is 0.416 e. The zero-order chi connectivity index (χ0) is 13.1. The number of hydrogen-bond acceptors (Lipinski definition) is 1. The number of rotatable bonds is 3. The molecule has 1 rings (SSSR count). The average molecular weight is 310 g/mol. The SMILES string of the molecule is CC(=O)NCCc1cc(Br)cc(C(F)(F)F)c1. The molecule has 0 heterocycles. The molecule has 0 aliphatic carbocycles. The monoisotopic (exact) mass is 309 g/mol. The maximum Gasteiger partial charge on any atom is 0.416 e. The Hall–Kier alpha value is -1.04. The molecule has 0 saturated carbocycles. The van der Waals surface area contributed by atoms with Gasteiger partial charge >= 0.3 is 6.18 Å². The number of carbonyl (C=O) groups excluding carboxylic acids is 1. The second kappa shape index (κ2) is 5.53. The number of alkyl halides is 3. The molecule has 0 fully saturated rings. The molecule has 17 heavy (non-hydrogen) atoms. The van der Waals surface area contributed by atoms with E-state index in [0.717, 1.165) is 12.1 Å². The third kappa shape index (κ3) is 4.77. The van der Waals surface area contributed by atoms with Gasteiger partial charge in [0.2, 0.25) is 5.91 Å². The molecular formula is C11H11BrF3NO. The van der Waals surface area contributed by atoms with Gasteiger partial charge in [-0.1, -0.05) is 15.9 Å². The van der Waals surface area contributed by atoms with Crippen molar-refractivity contribution in [3.05, 3.63) is 33.8 Å². The summed E-state index contributed by atoms with van der Waals surface area (Å²) in [6.45, 7) is 1.69. The van der Waals surface area contributed by atoms with Gasteiger partial charge in [0.15, 0.2) is 0 Å². The van der Waals surface area contributed by atoms with Crippen LogP contribution in [0.2, 0.25) is 0 Å². The van der Waals surface area contributed by atoms with Crippen LogP contribution in [0.15, 0.2) is 22.7 Å². The van der Waals surface area contributed by atoms with Crippen molar-refractivity contribution in [2.24, 2.45) is 0 Å². The lowest BCUT2D eigenvalue weighted by atomic mass is 10.1. The van der Waals surface area contributed by atoms with Gasteiger partial charge in [-0.2, -0.15) is 13.2 Å². The van der Waals surface area contributed by atoms with Crippen molar-refractivity contribution in [2.75, 3.05) is 6.54 Å². The molecule has 94 valence electrons. The Morgan fingerprint density at radius 3 is 2.53 bits per heavy atom. The molecule has 0 unspecified atom stereocenters. The maximum absolute atomic E-state index is 12.5. The Morgan fingerprint density at radius 1 is 1.35 bits per heavy atom. The summed E-state index contributed by atoms with van der Waals surface area (Å²) >= 11 is 3.04. The molecule has 0 radical (unpaired) electrons. The van der Waals surface area contributed by atoms with E-state index in [4.69, 9.17) is 0 Å². The highest BCUT2D eigenvalue weighted by Gasteiger charge is 2.30. The van der Waals surface area contributed by atoms with Gasteiger partial charge in [0.1, 0.15) is 0 Å². The van der Waals surface area contributed by atoms with Crippen LogP contribution in [0.4, 0.5) is 13.2 Å². The maximum atomic E-state index is 12.5. The minimum atomic E-state index is -4.35. The predicted molar refractivity (Wildman–Crippen MR) is 61.5 cm³/mol. The van der Waals surface area contributed by atoms with E-state index in [2.05, 4.69) is 21.2 Å². The molecule has 0 aliphatic rings. The number of carbonyl (C=O) groups is 1. The Balaban J connectivity index is 2.79. The van der Waals surface area contributed by atoms with Gasteiger partial charge in [0.05, 0.1) is 5.56 Å². The Bertz CT molecular complexity index is 418. The summed E-state index contributed by atoms with van der Waals surface area (Å²) in [6.07, 6.45) is -3.99. The summed E-state index contributed by atoms with van der Waals surface area (Å²) in [5, 5.41) is 2.54. The van der Waals surface area contributed by atoms with Crippen LogP contribution < -0.4 is 5.32 Å². The highest BCUT2D eigenvalue weighted by atomic mass is 79.9. The van der Waals surface area contributed by atoms with E-state index >= 15 is 0 Å². The zero-order valence-corrected chi connectivity index (χ0v) is 10.7. The standard InChI is InChI=1S/C11H11BrF3NO/c1-7(17)16-3-2-8-4-9(11(13,14)15)6-10(12)5-8/h4-6H,2-3H2,1H3,(H,16,17). The minimum Gasteiger partial charge on any atom is -0.356 e. The van der Waals surface area contributed by atoms with Gasteiger partial charge in [0, 0.05) is 17.9 Å². The molecule has 0 atom stereocenters. The van der Waals surface area contributed by atoms with Crippen molar-refractivity contribution >= 4 is 21.8 Å². The Kier molecular flexibility index (Phi) is 4.56. The van der Waals surface area contributed by atoms with E-state index in [1.807, 2.05) is 0 Å². The molecule has 1 aromatic rings. The van der Waals surface area contributed by atoms with Gasteiger partial charge in [-0.3, -0.25) is 4.79 Å². The van der Waals surface area contributed by atoms with Gasteiger partial charge in [-0.25, -0.2) is 0 Å². The fourth-order valence-corrected chi connectivity index (χ4v) is 1.88. The second-order valence-electron chi connectivity index (χ2n) is 3.58. The molecule has 1 amide bonds. The van der Waals surface area contributed by atoms with Crippen LogP contribution in [0.3, 0.4) is 0 Å². The summed E-state index contributed by atoms with van der Waals surface area (Å²) in [6, 6.07) is 3.73. The highest BCUT2D eigenvalue weighted by molar-refractivity contribution is 9.10. The van der Waals surface area contributed by atoms with Crippen molar-refractivity contribution < 1.29 is 18.0 Å². The average Bonchev–Trinajstić information content (AvgIpc) is 2.14. The molecule has 0 aromatic heterocycles. The van der Waals surface area contributed by atoms with Gasteiger partial charge < -0.3 is 5.32 Å². The predicted octanol–water partition coefficient (Wildman–Crippen LogP) is 3.15. The van der Waals surface area contributed by atoms with Crippen molar-refractivity contribution in [1.29, 1.82) is 0 Å². The van der Waals surface area contributed by atoms with Gasteiger partial charge in [-0.05, 0) is 30.2 Å². The summed E-state index contributed by atoms with van der Waals surface area (Å²) in [7, 11) is 0. The van der Waals surface area contributed by atoms with Crippen LogP contribution in [0.25, 0.3) is 0 Å². The van der Waals surface area contributed by atoms with E-state index in [1.54, 1.807) is 6.07 Å². The van der Waals surface area contributed by atoms with E-state index in [-0.39, 0.29) is 5.91 Å². The minimum absolute atomic E-state index is 0.198. The first-order chi connectivity index (χ1) is 7.79. The second-order valence-corrected chi connectivity index (χ2v) is 4.49. The van der Waals surface area contributed by atoms with E-state index in [0.29, 0.717) is 23.0 Å². The van der Waals surface area contributed by atoms with Gasteiger partial charge in [0.25, 0.3) is 0 Å². The van der Waals surface area contributed by atoms with Crippen LogP contribution in [-0.2, 0) is 17.4 Å². The molecule has 6 heteroatoms. The van der Waals surface area contributed by atoms with E-state index in [9.17, 15) is 18.0 Å². The molecule has 2 nitrogen and oxygen atoms in total. The van der Waals surface area contributed by atoms with Gasteiger partial charge in [-0.15, -0.1) is 0 Å². The van der Waals surface area contributed by atoms with Crippen molar-refractivity contribution in [3.8, 4) is 0 Å². The number of nitrogens with one attached hydrogen (secondary N) is 1. The molecule has 0 saturated heterocycles. The number of benzene rings is 1. The van der Waals surface area contributed by atoms with E-state index in [1.165, 1.54) is 6.92 Å². The molecule has 1 aromatic carbocycles.